The SMILES string of the molecule is c1ccc2c(c1)oc1cccc(-c3cc4c(s3)c3cccc5c6ccccc6n4c53)c12. The minimum atomic E-state index is 0.942. The molecular formula is C28H15NOS. The number of thiophene rings is 1. The van der Waals surface area contributed by atoms with E-state index in [1.54, 1.807) is 0 Å². The highest BCUT2D eigenvalue weighted by Crippen LogP contribution is 2.46. The Hall–Kier alpha value is -3.82. The van der Waals surface area contributed by atoms with Gasteiger partial charge in [0.2, 0.25) is 0 Å². The van der Waals surface area contributed by atoms with Gasteiger partial charge in [-0.15, -0.1) is 11.3 Å². The number of aromatic nitrogens is 1. The van der Waals surface area contributed by atoms with Crippen molar-refractivity contribution >= 4 is 70.7 Å². The van der Waals surface area contributed by atoms with Gasteiger partial charge < -0.3 is 8.82 Å². The Morgan fingerprint density at radius 3 is 2.32 bits per heavy atom. The molecule has 0 aliphatic rings. The fourth-order valence-corrected chi connectivity index (χ4v) is 6.51. The van der Waals surface area contributed by atoms with Crippen LogP contribution in [0.3, 0.4) is 0 Å². The van der Waals surface area contributed by atoms with Crippen LogP contribution in [0.25, 0.3) is 69.8 Å². The van der Waals surface area contributed by atoms with Crippen molar-refractivity contribution in [1.29, 1.82) is 0 Å². The van der Waals surface area contributed by atoms with Crippen LogP contribution in [0.15, 0.2) is 95.4 Å². The van der Waals surface area contributed by atoms with Crippen LogP contribution >= 0.6 is 11.3 Å². The quantitative estimate of drug-likeness (QED) is 0.264. The van der Waals surface area contributed by atoms with Gasteiger partial charge in [-0.05, 0) is 24.3 Å². The topological polar surface area (TPSA) is 17.6 Å². The minimum Gasteiger partial charge on any atom is -0.456 e. The van der Waals surface area contributed by atoms with E-state index in [1.807, 2.05) is 23.5 Å². The molecule has 0 saturated heterocycles. The maximum absolute atomic E-state index is 6.14. The van der Waals surface area contributed by atoms with Crippen molar-refractivity contribution in [3.63, 3.8) is 0 Å². The van der Waals surface area contributed by atoms with Gasteiger partial charge in [-0.2, -0.15) is 0 Å². The maximum Gasteiger partial charge on any atom is 0.136 e. The number of rotatable bonds is 1. The number of hydrogen-bond acceptors (Lipinski definition) is 2. The molecule has 0 amide bonds. The van der Waals surface area contributed by atoms with Gasteiger partial charge in [-0.25, -0.2) is 0 Å². The molecule has 0 saturated carbocycles. The molecule has 0 bridgehead atoms. The van der Waals surface area contributed by atoms with E-state index in [0.717, 1.165) is 11.2 Å². The lowest BCUT2D eigenvalue weighted by Gasteiger charge is -2.00. The molecule has 0 aliphatic carbocycles. The zero-order chi connectivity index (χ0) is 20.1. The first kappa shape index (κ1) is 15.9. The summed E-state index contributed by atoms with van der Waals surface area (Å²) in [6.07, 6.45) is 0. The molecule has 31 heavy (non-hydrogen) atoms. The van der Waals surface area contributed by atoms with Crippen LogP contribution in [-0.4, -0.2) is 4.40 Å². The molecule has 0 fully saturated rings. The van der Waals surface area contributed by atoms with E-state index >= 15 is 0 Å². The van der Waals surface area contributed by atoms with Gasteiger partial charge in [-0.3, -0.25) is 0 Å². The summed E-state index contributed by atoms with van der Waals surface area (Å²) in [6.45, 7) is 0. The van der Waals surface area contributed by atoms with Crippen molar-refractivity contribution in [1.82, 2.24) is 4.40 Å². The zero-order valence-corrected chi connectivity index (χ0v) is 17.2. The Kier molecular flexibility index (Phi) is 2.80. The highest BCUT2D eigenvalue weighted by atomic mass is 32.1. The van der Waals surface area contributed by atoms with Crippen molar-refractivity contribution in [3.8, 4) is 10.4 Å². The van der Waals surface area contributed by atoms with Crippen LogP contribution in [0.2, 0.25) is 0 Å². The van der Waals surface area contributed by atoms with E-state index in [4.69, 9.17) is 4.42 Å². The van der Waals surface area contributed by atoms with Crippen molar-refractivity contribution in [2.24, 2.45) is 0 Å². The van der Waals surface area contributed by atoms with Gasteiger partial charge in [-0.1, -0.05) is 66.7 Å². The summed E-state index contributed by atoms with van der Waals surface area (Å²) in [7, 11) is 0. The van der Waals surface area contributed by atoms with E-state index in [2.05, 4.69) is 83.3 Å². The molecule has 8 aromatic rings. The summed E-state index contributed by atoms with van der Waals surface area (Å²) >= 11 is 1.88. The second-order valence-corrected chi connectivity index (χ2v) is 9.21. The van der Waals surface area contributed by atoms with Gasteiger partial charge in [0.05, 0.1) is 21.3 Å². The average molecular weight is 414 g/mol. The Morgan fingerprint density at radius 2 is 1.35 bits per heavy atom. The molecule has 8 rings (SSSR count). The highest BCUT2D eigenvalue weighted by Gasteiger charge is 2.20. The zero-order valence-electron chi connectivity index (χ0n) is 16.4. The summed E-state index contributed by atoms with van der Waals surface area (Å²) in [5, 5.41) is 6.37. The molecule has 0 unspecified atom stereocenters. The molecule has 0 aliphatic heterocycles. The lowest BCUT2D eigenvalue weighted by atomic mass is 10.1. The van der Waals surface area contributed by atoms with Crippen LogP contribution in [0.5, 0.6) is 0 Å². The number of para-hydroxylation sites is 3. The molecular weight excluding hydrogens is 398 g/mol. The van der Waals surface area contributed by atoms with Crippen LogP contribution in [0.4, 0.5) is 0 Å². The summed E-state index contributed by atoms with van der Waals surface area (Å²) < 4.78 is 9.94. The molecule has 0 radical (unpaired) electrons. The number of hydrogen-bond donors (Lipinski definition) is 0. The van der Waals surface area contributed by atoms with Gasteiger partial charge in [0.25, 0.3) is 0 Å². The fraction of sp³-hybridized carbons (Fsp3) is 0. The number of furan rings is 1. The Bertz CT molecular complexity index is 1950. The van der Waals surface area contributed by atoms with E-state index in [-0.39, 0.29) is 0 Å². The fourth-order valence-electron chi connectivity index (χ4n) is 5.31. The summed E-state index contributed by atoms with van der Waals surface area (Å²) in [5.74, 6) is 0. The molecule has 0 spiro atoms. The predicted octanol–water partition coefficient (Wildman–Crippen LogP) is 8.46. The molecule has 3 heteroatoms. The van der Waals surface area contributed by atoms with Crippen molar-refractivity contribution < 1.29 is 4.42 Å². The minimum absolute atomic E-state index is 0.942. The lowest BCUT2D eigenvalue weighted by molar-refractivity contribution is 0.669. The molecule has 4 heterocycles. The van der Waals surface area contributed by atoms with Gasteiger partial charge in [0.1, 0.15) is 11.2 Å². The third kappa shape index (κ3) is 1.88. The molecule has 144 valence electrons. The van der Waals surface area contributed by atoms with Crippen molar-refractivity contribution in [2.45, 2.75) is 0 Å². The maximum atomic E-state index is 6.14. The van der Waals surface area contributed by atoms with E-state index in [0.29, 0.717) is 0 Å². The van der Waals surface area contributed by atoms with Crippen LogP contribution in [0.1, 0.15) is 0 Å². The number of fused-ring (bicyclic) bond motifs is 9. The van der Waals surface area contributed by atoms with Crippen LogP contribution in [0, 0.1) is 0 Å². The second kappa shape index (κ2) is 5.45. The molecule has 2 nitrogen and oxygen atoms in total. The third-order valence-corrected chi connectivity index (χ3v) is 7.75. The first-order valence-corrected chi connectivity index (χ1v) is 11.3. The normalized spacial score (nSPS) is 12.5. The summed E-state index contributed by atoms with van der Waals surface area (Å²) in [4.78, 5) is 1.28. The van der Waals surface area contributed by atoms with E-state index in [1.165, 1.54) is 58.6 Å². The van der Waals surface area contributed by atoms with Crippen molar-refractivity contribution in [3.05, 3.63) is 91.0 Å². The van der Waals surface area contributed by atoms with E-state index in [9.17, 15) is 0 Å². The molecule has 4 aromatic carbocycles. The van der Waals surface area contributed by atoms with Gasteiger partial charge in [0, 0.05) is 37.4 Å². The van der Waals surface area contributed by atoms with Crippen LogP contribution < -0.4 is 0 Å². The Labute approximate surface area is 180 Å². The summed E-state index contributed by atoms with van der Waals surface area (Å²) in [5.41, 5.74) is 7.03. The Balaban J connectivity index is 1.54. The monoisotopic (exact) mass is 413 g/mol. The highest BCUT2D eigenvalue weighted by molar-refractivity contribution is 7.23. The smallest absolute Gasteiger partial charge is 0.136 e. The largest absolute Gasteiger partial charge is 0.456 e. The van der Waals surface area contributed by atoms with Gasteiger partial charge in [0.15, 0.2) is 0 Å². The predicted molar refractivity (Wildman–Crippen MR) is 132 cm³/mol. The molecule has 4 aromatic heterocycles. The third-order valence-electron chi connectivity index (χ3n) is 6.56. The standard InChI is InChI=1S/C28H15NOS/c1-3-12-21-16(7-1)17-9-5-11-20-27(17)29(21)22-15-25(31-28(20)22)19-10-6-14-24-26(19)18-8-2-4-13-23(18)30-24/h1-15H. The summed E-state index contributed by atoms with van der Waals surface area (Å²) in [6, 6.07) is 32.5. The Morgan fingerprint density at radius 1 is 0.613 bits per heavy atom. The lowest BCUT2D eigenvalue weighted by Crippen LogP contribution is -1.79. The number of benzene rings is 4. The number of nitrogens with zero attached hydrogens (tertiary/aromatic N) is 1. The first-order chi connectivity index (χ1) is 15.4. The van der Waals surface area contributed by atoms with Crippen LogP contribution in [-0.2, 0) is 0 Å². The van der Waals surface area contributed by atoms with E-state index < -0.39 is 0 Å². The van der Waals surface area contributed by atoms with Gasteiger partial charge >= 0.3 is 0 Å². The van der Waals surface area contributed by atoms with Crippen molar-refractivity contribution in [2.75, 3.05) is 0 Å². The first-order valence-electron chi connectivity index (χ1n) is 10.5. The molecule has 0 N–H and O–H groups in total. The average Bonchev–Trinajstić information content (AvgIpc) is 3.55. The second-order valence-electron chi connectivity index (χ2n) is 8.16. The molecule has 0 atom stereocenters.